The summed E-state index contributed by atoms with van der Waals surface area (Å²) in [4.78, 5) is 17.4. The fraction of sp³-hybridized carbons (Fsp3) is 0.560. The van der Waals surface area contributed by atoms with Gasteiger partial charge in [-0.15, -0.1) is 0 Å². The molecule has 0 N–H and O–H groups in total. The highest BCUT2D eigenvalue weighted by atomic mass is 16.5. The van der Waals surface area contributed by atoms with Gasteiger partial charge in [0.15, 0.2) is 0 Å². The summed E-state index contributed by atoms with van der Waals surface area (Å²) in [6.45, 7) is 6.69. The molecule has 5 nitrogen and oxygen atoms in total. The standard InChI is InChI=1S/C25H32N2O3/c1-19-8-9-21(29-19)18-26-14-10-25(11-15-26)17-20(16-24(28)27-12-4-5-13-27)22-6-2-3-7-23(22)30-25/h2-3,6-9,20H,4-5,10-18H2,1H3. The van der Waals surface area contributed by atoms with Gasteiger partial charge in [0.2, 0.25) is 5.91 Å². The maximum Gasteiger partial charge on any atom is 0.223 e. The Morgan fingerprint density at radius 2 is 1.83 bits per heavy atom. The number of amides is 1. The second-order valence-corrected chi connectivity index (χ2v) is 9.30. The Hall–Kier alpha value is -2.27. The molecule has 0 radical (unpaired) electrons. The summed E-state index contributed by atoms with van der Waals surface area (Å²) < 4.78 is 12.4. The van der Waals surface area contributed by atoms with Crippen molar-refractivity contribution >= 4 is 5.91 Å². The average molecular weight is 409 g/mol. The highest BCUT2D eigenvalue weighted by Crippen LogP contribution is 2.46. The van der Waals surface area contributed by atoms with Gasteiger partial charge in [-0.05, 0) is 62.8 Å². The van der Waals surface area contributed by atoms with E-state index in [1.165, 1.54) is 5.56 Å². The number of aryl methyl sites for hydroxylation is 1. The Balaban J connectivity index is 1.28. The highest BCUT2D eigenvalue weighted by Gasteiger charge is 2.44. The lowest BCUT2D eigenvalue weighted by Gasteiger charge is -2.47. The van der Waals surface area contributed by atoms with Gasteiger partial charge < -0.3 is 14.1 Å². The molecule has 2 fully saturated rings. The first-order valence-corrected chi connectivity index (χ1v) is 11.4. The number of benzene rings is 1. The van der Waals surface area contributed by atoms with Crippen molar-refractivity contribution < 1.29 is 13.9 Å². The van der Waals surface area contributed by atoms with Crippen molar-refractivity contribution in [3.05, 3.63) is 53.5 Å². The van der Waals surface area contributed by atoms with E-state index in [-0.39, 0.29) is 11.5 Å². The van der Waals surface area contributed by atoms with Crippen molar-refractivity contribution in [1.82, 2.24) is 9.80 Å². The number of ether oxygens (including phenoxy) is 1. The van der Waals surface area contributed by atoms with E-state index in [1.54, 1.807) is 0 Å². The van der Waals surface area contributed by atoms with E-state index in [2.05, 4.69) is 34.1 Å². The van der Waals surface area contributed by atoms with Crippen molar-refractivity contribution in [2.75, 3.05) is 26.2 Å². The highest BCUT2D eigenvalue weighted by molar-refractivity contribution is 5.77. The molecule has 0 saturated carbocycles. The van der Waals surface area contributed by atoms with Crippen LogP contribution >= 0.6 is 0 Å². The molecular formula is C25H32N2O3. The number of likely N-dealkylation sites (tertiary alicyclic amines) is 2. The van der Waals surface area contributed by atoms with Crippen LogP contribution in [0.5, 0.6) is 5.75 Å². The minimum Gasteiger partial charge on any atom is -0.487 e. The maximum absolute atomic E-state index is 12.9. The van der Waals surface area contributed by atoms with Crippen LogP contribution in [0.4, 0.5) is 0 Å². The van der Waals surface area contributed by atoms with Crippen molar-refractivity contribution in [2.24, 2.45) is 0 Å². The van der Waals surface area contributed by atoms with Crippen LogP contribution < -0.4 is 4.74 Å². The van der Waals surface area contributed by atoms with Gasteiger partial charge >= 0.3 is 0 Å². The van der Waals surface area contributed by atoms with Gasteiger partial charge in [-0.2, -0.15) is 0 Å². The number of rotatable bonds is 4. The molecule has 5 rings (SSSR count). The minimum atomic E-state index is -0.153. The first-order chi connectivity index (χ1) is 14.6. The van der Waals surface area contributed by atoms with Crippen LogP contribution in [0, 0.1) is 6.92 Å². The molecule has 1 spiro atoms. The van der Waals surface area contributed by atoms with E-state index < -0.39 is 0 Å². The Labute approximate surface area is 179 Å². The molecule has 1 unspecified atom stereocenters. The third-order valence-electron chi connectivity index (χ3n) is 7.13. The maximum atomic E-state index is 12.9. The molecule has 160 valence electrons. The molecule has 1 atom stereocenters. The van der Waals surface area contributed by atoms with E-state index >= 15 is 0 Å². The zero-order chi connectivity index (χ0) is 20.6. The van der Waals surface area contributed by atoms with Gasteiger partial charge in [0.25, 0.3) is 0 Å². The number of fused-ring (bicyclic) bond motifs is 1. The zero-order valence-corrected chi connectivity index (χ0v) is 17.9. The molecule has 1 amide bonds. The molecule has 2 saturated heterocycles. The van der Waals surface area contributed by atoms with E-state index in [1.807, 2.05) is 19.1 Å². The van der Waals surface area contributed by atoms with Gasteiger partial charge in [0.1, 0.15) is 22.9 Å². The topological polar surface area (TPSA) is 45.9 Å². The summed E-state index contributed by atoms with van der Waals surface area (Å²) in [6.07, 6.45) is 5.83. The van der Waals surface area contributed by atoms with Gasteiger partial charge in [-0.1, -0.05) is 18.2 Å². The second-order valence-electron chi connectivity index (χ2n) is 9.30. The quantitative estimate of drug-likeness (QED) is 0.747. The third-order valence-corrected chi connectivity index (χ3v) is 7.13. The predicted molar refractivity (Wildman–Crippen MR) is 116 cm³/mol. The van der Waals surface area contributed by atoms with Gasteiger partial charge in [0, 0.05) is 38.5 Å². The molecule has 5 heteroatoms. The monoisotopic (exact) mass is 408 g/mol. The lowest BCUT2D eigenvalue weighted by Crippen LogP contribution is -2.50. The first kappa shape index (κ1) is 19.7. The molecule has 30 heavy (non-hydrogen) atoms. The van der Waals surface area contributed by atoms with E-state index in [4.69, 9.17) is 9.15 Å². The summed E-state index contributed by atoms with van der Waals surface area (Å²) in [7, 11) is 0. The van der Waals surface area contributed by atoms with Crippen molar-refractivity contribution in [3.63, 3.8) is 0 Å². The SMILES string of the molecule is Cc1ccc(CN2CCC3(CC2)CC(CC(=O)N2CCCC2)c2ccccc2O3)o1. The predicted octanol–water partition coefficient (Wildman–Crippen LogP) is 4.50. The Morgan fingerprint density at radius 3 is 2.57 bits per heavy atom. The van der Waals surface area contributed by atoms with Crippen LogP contribution in [0.2, 0.25) is 0 Å². The average Bonchev–Trinajstić information content (AvgIpc) is 3.42. The van der Waals surface area contributed by atoms with Crippen LogP contribution in [0.1, 0.15) is 61.5 Å². The molecule has 1 aromatic carbocycles. The number of nitrogens with zero attached hydrogens (tertiary/aromatic N) is 2. The van der Waals surface area contributed by atoms with Gasteiger partial charge in [0.05, 0.1) is 6.54 Å². The summed E-state index contributed by atoms with van der Waals surface area (Å²) in [5.41, 5.74) is 1.06. The number of hydrogen-bond donors (Lipinski definition) is 0. The number of para-hydroxylation sites is 1. The summed E-state index contributed by atoms with van der Waals surface area (Å²) in [6, 6.07) is 12.5. The van der Waals surface area contributed by atoms with Crippen LogP contribution in [-0.2, 0) is 11.3 Å². The summed E-state index contributed by atoms with van der Waals surface area (Å²) in [5.74, 6) is 3.55. The van der Waals surface area contributed by atoms with Crippen molar-refractivity contribution in [1.29, 1.82) is 0 Å². The van der Waals surface area contributed by atoms with Gasteiger partial charge in [-0.3, -0.25) is 9.69 Å². The number of carbonyl (C=O) groups is 1. The number of hydrogen-bond acceptors (Lipinski definition) is 4. The second kappa shape index (κ2) is 8.10. The molecule has 3 aliphatic heterocycles. The van der Waals surface area contributed by atoms with Gasteiger partial charge in [-0.25, -0.2) is 0 Å². The van der Waals surface area contributed by atoms with Crippen LogP contribution in [0.3, 0.4) is 0 Å². The smallest absolute Gasteiger partial charge is 0.223 e. The van der Waals surface area contributed by atoms with E-state index in [9.17, 15) is 4.79 Å². The summed E-state index contributed by atoms with van der Waals surface area (Å²) >= 11 is 0. The van der Waals surface area contributed by atoms with Crippen LogP contribution in [0.15, 0.2) is 40.8 Å². The molecule has 1 aromatic heterocycles. The Morgan fingerprint density at radius 1 is 1.07 bits per heavy atom. The molecule has 0 bridgehead atoms. The number of furan rings is 1. The molecular weight excluding hydrogens is 376 g/mol. The van der Waals surface area contributed by atoms with Crippen LogP contribution in [0.25, 0.3) is 0 Å². The third kappa shape index (κ3) is 4.00. The normalized spacial score (nSPS) is 23.4. The Bertz CT molecular complexity index is 891. The largest absolute Gasteiger partial charge is 0.487 e. The molecule has 2 aromatic rings. The van der Waals surface area contributed by atoms with Crippen molar-refractivity contribution in [2.45, 2.75) is 63.5 Å². The molecule has 3 aliphatic rings. The lowest BCUT2D eigenvalue weighted by atomic mass is 9.76. The van der Waals surface area contributed by atoms with Crippen LogP contribution in [-0.4, -0.2) is 47.5 Å². The van der Waals surface area contributed by atoms with E-state index in [0.29, 0.717) is 12.3 Å². The summed E-state index contributed by atoms with van der Waals surface area (Å²) in [5, 5.41) is 0. The lowest BCUT2D eigenvalue weighted by molar-refractivity contribution is -0.131. The minimum absolute atomic E-state index is 0.153. The molecule has 4 heterocycles. The Kier molecular flexibility index (Phi) is 5.32. The first-order valence-electron chi connectivity index (χ1n) is 11.4. The molecule has 0 aliphatic carbocycles. The van der Waals surface area contributed by atoms with Crippen molar-refractivity contribution in [3.8, 4) is 5.75 Å². The fourth-order valence-electron chi connectivity index (χ4n) is 5.45. The number of carbonyl (C=O) groups excluding carboxylic acids is 1. The number of piperidine rings is 1. The zero-order valence-electron chi connectivity index (χ0n) is 17.9. The fourth-order valence-corrected chi connectivity index (χ4v) is 5.45. The van der Waals surface area contributed by atoms with E-state index in [0.717, 1.165) is 82.1 Å².